The van der Waals surface area contributed by atoms with E-state index in [0.717, 1.165) is 42.9 Å². The highest BCUT2D eigenvalue weighted by molar-refractivity contribution is 5.43. The Morgan fingerprint density at radius 3 is 2.91 bits per heavy atom. The molecule has 5 nitrogen and oxygen atoms in total. The summed E-state index contributed by atoms with van der Waals surface area (Å²) in [4.78, 5) is 0. The molecule has 1 aromatic rings. The minimum absolute atomic E-state index is 0.126. The third-order valence-electron chi connectivity index (χ3n) is 3.98. The Morgan fingerprint density at radius 1 is 1.41 bits per heavy atom. The van der Waals surface area contributed by atoms with Gasteiger partial charge in [-0.3, -0.25) is 0 Å². The van der Waals surface area contributed by atoms with E-state index in [0.29, 0.717) is 13.2 Å². The van der Waals surface area contributed by atoms with Crippen LogP contribution in [0.4, 0.5) is 0 Å². The van der Waals surface area contributed by atoms with Crippen molar-refractivity contribution in [3.63, 3.8) is 0 Å². The molecule has 0 spiro atoms. The monoisotopic (exact) mass is 309 g/mol. The van der Waals surface area contributed by atoms with E-state index in [2.05, 4.69) is 12.2 Å². The van der Waals surface area contributed by atoms with Crippen molar-refractivity contribution in [3.05, 3.63) is 23.8 Å². The van der Waals surface area contributed by atoms with E-state index in [-0.39, 0.29) is 18.8 Å². The maximum Gasteiger partial charge on any atom is 0.161 e. The predicted molar refractivity (Wildman–Crippen MR) is 85.5 cm³/mol. The maximum absolute atomic E-state index is 9.20. The van der Waals surface area contributed by atoms with Crippen molar-refractivity contribution in [1.29, 1.82) is 0 Å². The summed E-state index contributed by atoms with van der Waals surface area (Å²) in [6, 6.07) is 6.05. The molecule has 0 aromatic heterocycles. The van der Waals surface area contributed by atoms with E-state index >= 15 is 0 Å². The molecule has 0 radical (unpaired) electrons. The Balaban J connectivity index is 1.91. The van der Waals surface area contributed by atoms with Gasteiger partial charge in [-0.25, -0.2) is 0 Å². The number of hydrogen-bond donors (Lipinski definition) is 2. The Labute approximate surface area is 132 Å². The van der Waals surface area contributed by atoms with Crippen LogP contribution < -0.4 is 14.8 Å². The number of hydrogen-bond acceptors (Lipinski definition) is 5. The summed E-state index contributed by atoms with van der Waals surface area (Å²) in [6.45, 7) is 4.30. The first-order chi connectivity index (χ1) is 10.8. The lowest BCUT2D eigenvalue weighted by Crippen LogP contribution is -2.31. The number of aliphatic hydroxyl groups is 1. The molecule has 0 saturated carbocycles. The summed E-state index contributed by atoms with van der Waals surface area (Å²) in [5.41, 5.74) is 1.10. The first-order valence-electron chi connectivity index (χ1n) is 8.02. The molecule has 1 saturated heterocycles. The minimum Gasteiger partial charge on any atom is -0.493 e. The standard InChI is InChI=1S/C17H27NO4/c1-3-14(11-19)18-10-13-6-7-16(17(9-13)20-2)22-12-15-5-4-8-21-15/h6-7,9,14-15,18-19H,3-5,8,10-12H2,1-2H3. The fraction of sp³-hybridized carbons (Fsp3) is 0.647. The van der Waals surface area contributed by atoms with E-state index in [4.69, 9.17) is 14.2 Å². The topological polar surface area (TPSA) is 60.0 Å². The van der Waals surface area contributed by atoms with E-state index in [1.165, 1.54) is 0 Å². The second-order valence-corrected chi connectivity index (χ2v) is 5.60. The lowest BCUT2D eigenvalue weighted by Gasteiger charge is -2.17. The molecule has 2 N–H and O–H groups in total. The number of benzene rings is 1. The zero-order chi connectivity index (χ0) is 15.8. The molecule has 0 bridgehead atoms. The summed E-state index contributed by atoms with van der Waals surface area (Å²) >= 11 is 0. The Hall–Kier alpha value is -1.30. The van der Waals surface area contributed by atoms with Gasteiger partial charge in [-0.15, -0.1) is 0 Å². The third kappa shape index (κ3) is 4.87. The summed E-state index contributed by atoms with van der Waals surface area (Å²) in [5, 5.41) is 12.5. The lowest BCUT2D eigenvalue weighted by atomic mass is 10.1. The van der Waals surface area contributed by atoms with Crippen LogP contribution in [0.1, 0.15) is 31.7 Å². The Morgan fingerprint density at radius 2 is 2.27 bits per heavy atom. The largest absolute Gasteiger partial charge is 0.493 e. The zero-order valence-electron chi connectivity index (χ0n) is 13.5. The number of aliphatic hydroxyl groups excluding tert-OH is 1. The van der Waals surface area contributed by atoms with Crippen LogP contribution in [0, 0.1) is 0 Å². The highest BCUT2D eigenvalue weighted by Crippen LogP contribution is 2.29. The van der Waals surface area contributed by atoms with Gasteiger partial charge in [0, 0.05) is 19.2 Å². The first kappa shape index (κ1) is 17.1. The van der Waals surface area contributed by atoms with Gasteiger partial charge in [-0.05, 0) is 37.0 Å². The number of rotatable bonds is 9. The molecule has 0 amide bonds. The summed E-state index contributed by atoms with van der Waals surface area (Å²) in [6.07, 6.45) is 3.26. The molecule has 1 aliphatic rings. The van der Waals surface area contributed by atoms with Gasteiger partial charge in [0.05, 0.1) is 19.8 Å². The van der Waals surface area contributed by atoms with Gasteiger partial charge in [0.2, 0.25) is 0 Å². The van der Waals surface area contributed by atoms with Crippen LogP contribution in [0.5, 0.6) is 11.5 Å². The lowest BCUT2D eigenvalue weighted by molar-refractivity contribution is 0.0669. The quantitative estimate of drug-likeness (QED) is 0.731. The molecule has 5 heteroatoms. The zero-order valence-corrected chi connectivity index (χ0v) is 13.5. The van der Waals surface area contributed by atoms with E-state index < -0.39 is 0 Å². The van der Waals surface area contributed by atoms with Crippen LogP contribution >= 0.6 is 0 Å². The van der Waals surface area contributed by atoms with Crippen molar-refractivity contribution in [2.24, 2.45) is 0 Å². The first-order valence-corrected chi connectivity index (χ1v) is 8.02. The van der Waals surface area contributed by atoms with E-state index in [1.54, 1.807) is 7.11 Å². The highest BCUT2D eigenvalue weighted by atomic mass is 16.5. The molecular formula is C17H27NO4. The predicted octanol–water partition coefficient (Wildman–Crippen LogP) is 2.11. The van der Waals surface area contributed by atoms with Crippen LogP contribution in [0.25, 0.3) is 0 Å². The fourth-order valence-corrected chi connectivity index (χ4v) is 2.50. The Kier molecular flexibility index (Phi) is 6.96. The summed E-state index contributed by atoms with van der Waals surface area (Å²) in [5.74, 6) is 1.48. The van der Waals surface area contributed by atoms with Crippen molar-refractivity contribution in [2.45, 2.75) is 44.9 Å². The fourth-order valence-electron chi connectivity index (χ4n) is 2.50. The molecule has 2 unspecified atom stereocenters. The second-order valence-electron chi connectivity index (χ2n) is 5.60. The van der Waals surface area contributed by atoms with Gasteiger partial charge in [-0.2, -0.15) is 0 Å². The van der Waals surface area contributed by atoms with Crippen LogP contribution in [-0.2, 0) is 11.3 Å². The average Bonchev–Trinajstić information content (AvgIpc) is 3.07. The van der Waals surface area contributed by atoms with Crippen LogP contribution in [0.15, 0.2) is 18.2 Å². The maximum atomic E-state index is 9.20. The van der Waals surface area contributed by atoms with Gasteiger partial charge in [-0.1, -0.05) is 13.0 Å². The molecule has 1 fully saturated rings. The molecule has 124 valence electrons. The van der Waals surface area contributed by atoms with E-state index in [9.17, 15) is 5.11 Å². The van der Waals surface area contributed by atoms with Crippen LogP contribution in [0.2, 0.25) is 0 Å². The minimum atomic E-state index is 0.126. The normalized spacial score (nSPS) is 19.1. The molecule has 1 aromatic carbocycles. The van der Waals surface area contributed by atoms with E-state index in [1.807, 2.05) is 18.2 Å². The third-order valence-corrected chi connectivity index (χ3v) is 3.98. The number of nitrogens with one attached hydrogen (secondary N) is 1. The smallest absolute Gasteiger partial charge is 0.161 e. The highest BCUT2D eigenvalue weighted by Gasteiger charge is 2.17. The van der Waals surface area contributed by atoms with Crippen molar-refractivity contribution in [3.8, 4) is 11.5 Å². The Bertz CT molecular complexity index is 442. The van der Waals surface area contributed by atoms with Crippen molar-refractivity contribution < 1.29 is 19.3 Å². The summed E-state index contributed by atoms with van der Waals surface area (Å²) < 4.78 is 16.8. The van der Waals surface area contributed by atoms with Gasteiger partial charge < -0.3 is 24.6 Å². The summed E-state index contributed by atoms with van der Waals surface area (Å²) in [7, 11) is 1.65. The molecule has 1 heterocycles. The molecule has 0 aliphatic carbocycles. The van der Waals surface area contributed by atoms with Gasteiger partial charge in [0.15, 0.2) is 11.5 Å². The molecule has 2 atom stereocenters. The van der Waals surface area contributed by atoms with Gasteiger partial charge in [0.25, 0.3) is 0 Å². The molecular weight excluding hydrogens is 282 g/mol. The van der Waals surface area contributed by atoms with Crippen molar-refractivity contribution in [1.82, 2.24) is 5.32 Å². The van der Waals surface area contributed by atoms with Gasteiger partial charge in [0.1, 0.15) is 6.61 Å². The average molecular weight is 309 g/mol. The SMILES string of the molecule is CCC(CO)NCc1ccc(OCC2CCCO2)c(OC)c1. The second kappa shape index (κ2) is 8.98. The number of methoxy groups -OCH3 is 1. The number of ether oxygens (including phenoxy) is 3. The molecule has 2 rings (SSSR count). The van der Waals surface area contributed by atoms with Crippen LogP contribution in [0.3, 0.4) is 0 Å². The van der Waals surface area contributed by atoms with Gasteiger partial charge >= 0.3 is 0 Å². The molecule has 22 heavy (non-hydrogen) atoms. The van der Waals surface area contributed by atoms with Crippen LogP contribution in [-0.4, -0.2) is 44.2 Å². The van der Waals surface area contributed by atoms with Crippen molar-refractivity contribution >= 4 is 0 Å². The van der Waals surface area contributed by atoms with Crippen molar-refractivity contribution in [2.75, 3.05) is 26.9 Å². The molecule has 1 aliphatic heterocycles.